The lowest BCUT2D eigenvalue weighted by molar-refractivity contribution is 0.514. The van der Waals surface area contributed by atoms with Gasteiger partial charge in [0.1, 0.15) is 11.5 Å². The van der Waals surface area contributed by atoms with E-state index in [4.69, 9.17) is 4.74 Å². The number of benzene rings is 3. The first-order valence-corrected chi connectivity index (χ1v) is 11.0. The minimum absolute atomic E-state index is 0.0766. The largest absolute Gasteiger partial charge is 0.456 e. The van der Waals surface area contributed by atoms with Gasteiger partial charge < -0.3 is 10.1 Å². The average Bonchev–Trinajstić information content (AvgIpc) is 2.69. The van der Waals surface area contributed by atoms with E-state index in [1.165, 1.54) is 44.5 Å². The van der Waals surface area contributed by atoms with E-state index >= 15 is 0 Å². The van der Waals surface area contributed by atoms with E-state index in [-0.39, 0.29) is 5.54 Å². The van der Waals surface area contributed by atoms with E-state index in [1.54, 1.807) is 0 Å². The van der Waals surface area contributed by atoms with E-state index in [1.807, 2.05) is 6.07 Å². The monoisotopic (exact) mass is 407 g/mol. The molecule has 2 heterocycles. The van der Waals surface area contributed by atoms with Gasteiger partial charge in [0.15, 0.2) is 0 Å². The molecule has 0 unspecified atom stereocenters. The third-order valence-corrected chi connectivity index (χ3v) is 6.29. The number of hydrogen-bond donors (Lipinski definition) is 1. The molecule has 3 aromatic carbocycles. The summed E-state index contributed by atoms with van der Waals surface area (Å²) in [5.74, 6) is 1.82. The molecule has 0 saturated heterocycles. The third-order valence-electron chi connectivity index (χ3n) is 6.29. The maximum absolute atomic E-state index is 6.58. The van der Waals surface area contributed by atoms with Crippen LogP contribution in [0.1, 0.15) is 54.2 Å². The van der Waals surface area contributed by atoms with Crippen molar-refractivity contribution in [2.24, 2.45) is 0 Å². The number of ether oxygens (including phenoxy) is 1. The number of allylic oxidation sites excluding steroid dienone is 1. The van der Waals surface area contributed by atoms with Crippen molar-refractivity contribution in [3.05, 3.63) is 88.0 Å². The highest BCUT2D eigenvalue weighted by molar-refractivity contribution is 6.00. The molecule has 0 aromatic heterocycles. The van der Waals surface area contributed by atoms with Crippen LogP contribution in [-0.2, 0) is 0 Å². The Morgan fingerprint density at radius 1 is 0.839 bits per heavy atom. The molecule has 2 nitrogen and oxygen atoms in total. The fraction of sp³-hybridized carbons (Fsp3) is 0.241. The van der Waals surface area contributed by atoms with E-state index in [0.717, 1.165) is 22.8 Å². The molecule has 0 amide bonds. The van der Waals surface area contributed by atoms with Crippen molar-refractivity contribution < 1.29 is 4.74 Å². The molecule has 2 aliphatic heterocycles. The molecule has 0 radical (unpaired) electrons. The summed E-state index contributed by atoms with van der Waals surface area (Å²) in [5.41, 5.74) is 12.2. The van der Waals surface area contributed by atoms with Crippen molar-refractivity contribution in [3.63, 3.8) is 0 Å². The number of para-hydroxylation sites is 1. The summed E-state index contributed by atoms with van der Waals surface area (Å²) < 4.78 is 6.58. The Kier molecular flexibility index (Phi) is 4.37. The van der Waals surface area contributed by atoms with Gasteiger partial charge in [-0.25, -0.2) is 0 Å². The van der Waals surface area contributed by atoms with Gasteiger partial charge in [-0.1, -0.05) is 48.0 Å². The molecule has 0 bridgehead atoms. The van der Waals surface area contributed by atoms with Crippen molar-refractivity contribution in [1.29, 1.82) is 0 Å². The van der Waals surface area contributed by atoms with Gasteiger partial charge in [0, 0.05) is 22.4 Å². The lowest BCUT2D eigenvalue weighted by atomic mass is 9.83. The van der Waals surface area contributed by atoms with E-state index in [0.29, 0.717) is 0 Å². The molecular formula is C29H29NO. The Hall–Kier alpha value is -3.26. The predicted molar refractivity (Wildman–Crippen MR) is 132 cm³/mol. The fourth-order valence-electron chi connectivity index (χ4n) is 5.19. The SMILES string of the molecule is CC1=CC(C)(C)Nc2ccc3c(c21)/C(=C/c1c(C)cc(C)cc1C)Oc1ccccc1-3. The summed E-state index contributed by atoms with van der Waals surface area (Å²) in [6.07, 6.45) is 4.54. The standard InChI is InChI=1S/C29H29NO/c1-17-13-18(2)23(19(3)14-17)15-26-28-22(21-9-7-8-10-25(21)31-26)11-12-24-27(28)20(4)16-29(5,6)30-24/h7-16,30H,1-6H3/b26-15-. The second-order valence-electron chi connectivity index (χ2n) is 9.50. The van der Waals surface area contributed by atoms with Gasteiger partial charge in [-0.2, -0.15) is 0 Å². The van der Waals surface area contributed by atoms with Crippen molar-refractivity contribution in [2.75, 3.05) is 5.32 Å². The number of hydrogen-bond acceptors (Lipinski definition) is 2. The quantitative estimate of drug-likeness (QED) is 0.445. The van der Waals surface area contributed by atoms with Gasteiger partial charge in [0.25, 0.3) is 0 Å². The van der Waals surface area contributed by atoms with Crippen LogP contribution < -0.4 is 10.1 Å². The first-order chi connectivity index (χ1) is 14.7. The summed E-state index contributed by atoms with van der Waals surface area (Å²) in [5, 5.41) is 3.70. The molecular weight excluding hydrogens is 378 g/mol. The summed E-state index contributed by atoms with van der Waals surface area (Å²) >= 11 is 0. The van der Waals surface area contributed by atoms with E-state index in [2.05, 4.69) is 101 Å². The van der Waals surface area contributed by atoms with Gasteiger partial charge >= 0.3 is 0 Å². The molecule has 3 aromatic rings. The van der Waals surface area contributed by atoms with Crippen LogP contribution in [0.15, 0.2) is 54.6 Å². The highest BCUT2D eigenvalue weighted by atomic mass is 16.5. The fourth-order valence-corrected chi connectivity index (χ4v) is 5.19. The second kappa shape index (κ2) is 6.88. The maximum atomic E-state index is 6.58. The molecule has 5 rings (SSSR count). The first kappa shape index (κ1) is 19.7. The van der Waals surface area contributed by atoms with Gasteiger partial charge in [-0.05, 0) is 87.6 Å². The van der Waals surface area contributed by atoms with Gasteiger partial charge in [-0.15, -0.1) is 0 Å². The Balaban J connectivity index is 1.82. The van der Waals surface area contributed by atoms with Gasteiger partial charge in [0.05, 0.1) is 5.54 Å². The van der Waals surface area contributed by atoms with Crippen LogP contribution >= 0.6 is 0 Å². The summed E-state index contributed by atoms with van der Waals surface area (Å²) in [7, 11) is 0. The minimum atomic E-state index is -0.0766. The van der Waals surface area contributed by atoms with E-state index in [9.17, 15) is 0 Å². The van der Waals surface area contributed by atoms with Crippen LogP contribution in [-0.4, -0.2) is 5.54 Å². The summed E-state index contributed by atoms with van der Waals surface area (Å²) in [6.45, 7) is 13.1. The third kappa shape index (κ3) is 3.27. The highest BCUT2D eigenvalue weighted by Gasteiger charge is 2.31. The Labute approximate surface area is 185 Å². The number of fused-ring (bicyclic) bond motifs is 5. The van der Waals surface area contributed by atoms with Crippen LogP contribution in [0.2, 0.25) is 0 Å². The minimum Gasteiger partial charge on any atom is -0.456 e. The Bertz CT molecular complexity index is 1270. The van der Waals surface area contributed by atoms with Crippen molar-refractivity contribution in [1.82, 2.24) is 0 Å². The lowest BCUT2D eigenvalue weighted by Crippen LogP contribution is -2.32. The molecule has 2 aliphatic rings. The summed E-state index contributed by atoms with van der Waals surface area (Å²) in [6, 6.07) is 17.3. The molecule has 0 fully saturated rings. The van der Waals surface area contributed by atoms with Crippen LogP contribution in [0.25, 0.3) is 28.5 Å². The first-order valence-electron chi connectivity index (χ1n) is 11.0. The van der Waals surface area contributed by atoms with Crippen LogP contribution in [0, 0.1) is 20.8 Å². The molecule has 0 saturated carbocycles. The second-order valence-corrected chi connectivity index (χ2v) is 9.50. The Morgan fingerprint density at radius 3 is 2.29 bits per heavy atom. The topological polar surface area (TPSA) is 21.3 Å². The zero-order valence-corrected chi connectivity index (χ0v) is 19.2. The molecule has 1 N–H and O–H groups in total. The smallest absolute Gasteiger partial charge is 0.136 e. The zero-order chi connectivity index (χ0) is 21.9. The number of rotatable bonds is 1. The van der Waals surface area contributed by atoms with Gasteiger partial charge in [-0.3, -0.25) is 0 Å². The maximum Gasteiger partial charge on any atom is 0.136 e. The lowest BCUT2D eigenvalue weighted by Gasteiger charge is -2.35. The molecule has 0 aliphatic carbocycles. The summed E-state index contributed by atoms with van der Waals surface area (Å²) in [4.78, 5) is 0. The average molecular weight is 408 g/mol. The number of anilines is 1. The van der Waals surface area contributed by atoms with Gasteiger partial charge in [0.2, 0.25) is 0 Å². The van der Waals surface area contributed by atoms with E-state index < -0.39 is 0 Å². The zero-order valence-electron chi connectivity index (χ0n) is 19.2. The molecule has 31 heavy (non-hydrogen) atoms. The molecule has 0 spiro atoms. The van der Waals surface area contributed by atoms with Crippen LogP contribution in [0.4, 0.5) is 5.69 Å². The van der Waals surface area contributed by atoms with Crippen molar-refractivity contribution in [2.45, 2.75) is 47.1 Å². The predicted octanol–water partition coefficient (Wildman–Crippen LogP) is 7.78. The van der Waals surface area contributed by atoms with Crippen LogP contribution in [0.3, 0.4) is 0 Å². The normalized spacial score (nSPS) is 17.1. The number of aryl methyl sites for hydroxylation is 3. The molecule has 0 atom stereocenters. The highest BCUT2D eigenvalue weighted by Crippen LogP contribution is 2.49. The van der Waals surface area contributed by atoms with Crippen LogP contribution in [0.5, 0.6) is 5.75 Å². The Morgan fingerprint density at radius 2 is 1.55 bits per heavy atom. The molecule has 2 heteroatoms. The van der Waals surface area contributed by atoms with Crippen molar-refractivity contribution in [3.8, 4) is 16.9 Å². The van der Waals surface area contributed by atoms with Crippen molar-refractivity contribution >= 4 is 23.1 Å². The molecule has 156 valence electrons. The number of nitrogens with one attached hydrogen (secondary N) is 1.